The highest BCUT2D eigenvalue weighted by Crippen LogP contribution is 2.37. The minimum Gasteiger partial charge on any atom is -0.481 e. The fourth-order valence-electron chi connectivity index (χ4n) is 3.60. The van der Waals surface area contributed by atoms with Crippen molar-refractivity contribution in [2.24, 2.45) is 5.92 Å². The number of hydrogen-bond acceptors (Lipinski definition) is 6. The Morgan fingerprint density at radius 2 is 1.78 bits per heavy atom. The van der Waals surface area contributed by atoms with Gasteiger partial charge < -0.3 is 26.0 Å². The summed E-state index contributed by atoms with van der Waals surface area (Å²) in [5.41, 5.74) is 11.7. The number of anilines is 2. The number of esters is 1. The van der Waals surface area contributed by atoms with E-state index in [0.29, 0.717) is 16.8 Å². The van der Waals surface area contributed by atoms with Crippen molar-refractivity contribution in [2.75, 3.05) is 18.1 Å². The fraction of sp³-hybridized carbons (Fsp3) is 0.231. The molecule has 0 aliphatic heterocycles. The molecule has 2 aromatic carbocycles. The maximum atomic E-state index is 12.6. The number of rotatable bonds is 9. The van der Waals surface area contributed by atoms with Gasteiger partial charge in [-0.2, -0.15) is 13.2 Å². The molecule has 5 N–H and O–H groups in total. The van der Waals surface area contributed by atoms with Gasteiger partial charge in [0.05, 0.1) is 11.6 Å². The van der Waals surface area contributed by atoms with Crippen molar-refractivity contribution in [2.45, 2.75) is 24.6 Å². The SMILES string of the molecule is Nc1ccc(OC(=O)/C=C/c2ccccc2C2(OCCCC(F)(F)F)C=CC(C(=O)O)C=C2)c(N)c1. The molecular formula is C26H25F3N2O5. The minimum absolute atomic E-state index is 0.134. The molecule has 36 heavy (non-hydrogen) atoms. The van der Waals surface area contributed by atoms with Gasteiger partial charge in [0.15, 0.2) is 5.75 Å². The zero-order valence-corrected chi connectivity index (χ0v) is 19.1. The van der Waals surface area contributed by atoms with Gasteiger partial charge in [-0.1, -0.05) is 36.4 Å². The van der Waals surface area contributed by atoms with Gasteiger partial charge in [-0.15, -0.1) is 0 Å². The summed E-state index contributed by atoms with van der Waals surface area (Å²) in [6.45, 7) is -0.234. The van der Waals surface area contributed by atoms with Crippen LogP contribution in [0.4, 0.5) is 24.5 Å². The van der Waals surface area contributed by atoms with Crippen LogP contribution >= 0.6 is 0 Å². The van der Waals surface area contributed by atoms with E-state index in [1.54, 1.807) is 24.3 Å². The van der Waals surface area contributed by atoms with E-state index in [4.69, 9.17) is 20.9 Å². The molecule has 0 heterocycles. The van der Waals surface area contributed by atoms with Gasteiger partial charge in [0, 0.05) is 24.8 Å². The number of nitrogen functional groups attached to an aromatic ring is 2. The molecule has 0 bridgehead atoms. The smallest absolute Gasteiger partial charge is 0.389 e. The second-order valence-electron chi connectivity index (χ2n) is 8.08. The largest absolute Gasteiger partial charge is 0.481 e. The first-order valence-corrected chi connectivity index (χ1v) is 11.0. The standard InChI is InChI=1S/C26H25F3N2O5/c27-26(28,29)12-3-15-35-25(13-10-18(11-14-25)24(33)34)20-5-2-1-4-17(20)6-9-23(32)36-22-8-7-19(30)16-21(22)31/h1-2,4-11,13-14,16,18H,3,12,15,30-31H2,(H,33,34)/b9-6+. The van der Waals surface area contributed by atoms with E-state index >= 15 is 0 Å². The fourth-order valence-corrected chi connectivity index (χ4v) is 3.60. The van der Waals surface area contributed by atoms with Crippen molar-refractivity contribution in [3.63, 3.8) is 0 Å². The molecule has 0 fully saturated rings. The number of benzene rings is 2. The lowest BCUT2D eigenvalue weighted by molar-refractivity contribution is -0.140. The summed E-state index contributed by atoms with van der Waals surface area (Å²) >= 11 is 0. The van der Waals surface area contributed by atoms with Gasteiger partial charge in [-0.3, -0.25) is 4.79 Å². The molecule has 190 valence electrons. The lowest BCUT2D eigenvalue weighted by Gasteiger charge is -2.32. The topological polar surface area (TPSA) is 125 Å². The van der Waals surface area contributed by atoms with Crippen molar-refractivity contribution in [1.82, 2.24) is 0 Å². The number of carbonyl (C=O) groups is 2. The van der Waals surface area contributed by atoms with Crippen LogP contribution in [0, 0.1) is 5.92 Å². The van der Waals surface area contributed by atoms with Crippen LogP contribution < -0.4 is 16.2 Å². The second-order valence-corrected chi connectivity index (χ2v) is 8.08. The summed E-state index contributed by atoms with van der Waals surface area (Å²) in [5.74, 6) is -2.57. The van der Waals surface area contributed by atoms with Crippen LogP contribution in [0.2, 0.25) is 0 Å². The van der Waals surface area contributed by atoms with Gasteiger partial charge in [0.25, 0.3) is 0 Å². The Labute approximate surface area is 205 Å². The van der Waals surface area contributed by atoms with Gasteiger partial charge in [0.1, 0.15) is 5.60 Å². The van der Waals surface area contributed by atoms with Crippen LogP contribution in [0.25, 0.3) is 6.08 Å². The van der Waals surface area contributed by atoms with E-state index in [0.717, 1.165) is 0 Å². The van der Waals surface area contributed by atoms with Crippen molar-refractivity contribution < 1.29 is 37.3 Å². The van der Waals surface area contributed by atoms with Crippen molar-refractivity contribution in [3.05, 3.63) is 84.0 Å². The highest BCUT2D eigenvalue weighted by atomic mass is 19.4. The van der Waals surface area contributed by atoms with Crippen LogP contribution in [-0.4, -0.2) is 29.8 Å². The predicted octanol–water partition coefficient (Wildman–Crippen LogP) is 4.85. The molecule has 0 saturated heterocycles. The Balaban J connectivity index is 1.85. The molecular weight excluding hydrogens is 477 g/mol. The number of carboxylic acid groups (broad SMARTS) is 1. The molecule has 3 rings (SSSR count). The lowest BCUT2D eigenvalue weighted by Crippen LogP contribution is -2.30. The summed E-state index contributed by atoms with van der Waals surface area (Å²) in [6, 6.07) is 11.2. The van der Waals surface area contributed by atoms with Crippen molar-refractivity contribution >= 4 is 29.4 Å². The summed E-state index contributed by atoms with van der Waals surface area (Å²) < 4.78 is 49.0. The Bertz CT molecular complexity index is 1190. The number of hydrogen-bond donors (Lipinski definition) is 3. The van der Waals surface area contributed by atoms with E-state index in [2.05, 4.69) is 0 Å². The van der Waals surface area contributed by atoms with Crippen LogP contribution in [0.3, 0.4) is 0 Å². The molecule has 10 heteroatoms. The van der Waals surface area contributed by atoms with Gasteiger partial charge in [-0.05, 0) is 54.0 Å². The molecule has 0 aromatic heterocycles. The summed E-state index contributed by atoms with van der Waals surface area (Å²) in [6.07, 6.45) is 2.84. The summed E-state index contributed by atoms with van der Waals surface area (Å²) in [7, 11) is 0. The maximum absolute atomic E-state index is 12.6. The van der Waals surface area contributed by atoms with Crippen molar-refractivity contribution in [1.29, 1.82) is 0 Å². The molecule has 0 amide bonds. The molecule has 0 atom stereocenters. The highest BCUT2D eigenvalue weighted by molar-refractivity contribution is 5.90. The van der Waals surface area contributed by atoms with E-state index in [9.17, 15) is 27.9 Å². The third kappa shape index (κ3) is 6.98. The summed E-state index contributed by atoms with van der Waals surface area (Å²) in [4.78, 5) is 23.7. The van der Waals surface area contributed by atoms with Crippen LogP contribution in [-0.2, 0) is 19.9 Å². The van der Waals surface area contributed by atoms with E-state index in [-0.39, 0.29) is 24.5 Å². The molecule has 7 nitrogen and oxygen atoms in total. The number of halogens is 3. The molecule has 0 radical (unpaired) electrons. The molecule has 1 aliphatic rings. The number of carbonyl (C=O) groups excluding carboxylic acids is 1. The zero-order valence-electron chi connectivity index (χ0n) is 19.1. The van der Waals surface area contributed by atoms with Crippen LogP contribution in [0.15, 0.2) is 72.8 Å². The average molecular weight is 502 g/mol. The number of ether oxygens (including phenoxy) is 2. The predicted molar refractivity (Wildman–Crippen MR) is 129 cm³/mol. The Morgan fingerprint density at radius 1 is 1.08 bits per heavy atom. The van der Waals surface area contributed by atoms with Crippen molar-refractivity contribution in [3.8, 4) is 5.75 Å². The van der Waals surface area contributed by atoms with E-state index < -0.39 is 36.1 Å². The maximum Gasteiger partial charge on any atom is 0.389 e. The normalized spacial score (nSPS) is 19.5. The van der Waals surface area contributed by atoms with Gasteiger partial charge >= 0.3 is 18.1 Å². The third-order valence-electron chi connectivity index (χ3n) is 5.36. The second kappa shape index (κ2) is 11.1. The average Bonchev–Trinajstić information content (AvgIpc) is 2.82. The van der Waals surface area contributed by atoms with Crippen LogP contribution in [0.5, 0.6) is 5.75 Å². The molecule has 0 spiro atoms. The molecule has 0 unspecified atom stereocenters. The van der Waals surface area contributed by atoms with E-state index in [1.807, 2.05) is 0 Å². The third-order valence-corrected chi connectivity index (χ3v) is 5.36. The highest BCUT2D eigenvalue weighted by Gasteiger charge is 2.34. The number of aliphatic carboxylic acids is 1. The first-order chi connectivity index (χ1) is 17.0. The Kier molecular flexibility index (Phi) is 8.21. The lowest BCUT2D eigenvalue weighted by atomic mass is 9.83. The quantitative estimate of drug-likeness (QED) is 0.112. The van der Waals surface area contributed by atoms with E-state index in [1.165, 1.54) is 54.7 Å². The minimum atomic E-state index is -4.32. The number of alkyl halides is 3. The Morgan fingerprint density at radius 3 is 2.42 bits per heavy atom. The molecule has 0 saturated carbocycles. The first kappa shape index (κ1) is 26.6. The summed E-state index contributed by atoms with van der Waals surface area (Å²) in [5, 5.41) is 9.29. The van der Waals surface area contributed by atoms with Gasteiger partial charge in [-0.25, -0.2) is 4.79 Å². The first-order valence-electron chi connectivity index (χ1n) is 11.0. The van der Waals surface area contributed by atoms with Crippen LogP contribution in [0.1, 0.15) is 24.0 Å². The zero-order chi connectivity index (χ0) is 26.3. The van der Waals surface area contributed by atoms with Gasteiger partial charge in [0.2, 0.25) is 0 Å². The number of carboxylic acids is 1. The number of nitrogens with two attached hydrogens (primary N) is 2. The monoisotopic (exact) mass is 502 g/mol. The Hall–Kier alpha value is -4.05. The molecule has 1 aliphatic carbocycles. The molecule has 2 aromatic rings.